The van der Waals surface area contributed by atoms with E-state index < -0.39 is 0 Å². The second kappa shape index (κ2) is 6.85. The quantitative estimate of drug-likeness (QED) is 0.875. The fraction of sp³-hybridized carbons (Fsp3) is 0.375. The van der Waals surface area contributed by atoms with Gasteiger partial charge in [-0.25, -0.2) is 0 Å². The molecule has 2 aromatic rings. The van der Waals surface area contributed by atoms with E-state index >= 15 is 0 Å². The van der Waals surface area contributed by atoms with Crippen LogP contribution in [0.1, 0.15) is 23.3 Å². The molecule has 0 saturated carbocycles. The molecular weight excluding hydrogens is 252 g/mol. The normalized spacial score (nSPS) is 14.5. The number of thiophene rings is 1. The molecular formula is C16H22N2S. The zero-order chi connectivity index (χ0) is 13.7. The van der Waals surface area contributed by atoms with E-state index in [-0.39, 0.29) is 0 Å². The van der Waals surface area contributed by atoms with Crippen molar-refractivity contribution in [2.24, 2.45) is 5.73 Å². The maximum atomic E-state index is 6.00. The summed E-state index contributed by atoms with van der Waals surface area (Å²) in [5.74, 6) is 0.441. The van der Waals surface area contributed by atoms with E-state index in [9.17, 15) is 0 Å². The first-order valence-corrected chi connectivity index (χ1v) is 7.58. The number of hydrogen-bond donors (Lipinski definition) is 1. The fourth-order valence-corrected chi connectivity index (χ4v) is 3.28. The molecule has 0 aliphatic carbocycles. The molecule has 0 aliphatic heterocycles. The van der Waals surface area contributed by atoms with Gasteiger partial charge in [-0.05, 0) is 30.0 Å². The molecule has 1 aromatic carbocycles. The average molecular weight is 274 g/mol. The number of nitrogens with zero attached hydrogens (tertiary/aromatic N) is 1. The minimum absolute atomic E-state index is 0.365. The lowest BCUT2D eigenvalue weighted by Crippen LogP contribution is -2.41. The van der Waals surface area contributed by atoms with Crippen LogP contribution in [0.15, 0.2) is 47.8 Å². The van der Waals surface area contributed by atoms with E-state index in [0.29, 0.717) is 18.5 Å². The fourth-order valence-electron chi connectivity index (χ4n) is 2.51. The Hall–Kier alpha value is -1.16. The third-order valence-corrected chi connectivity index (χ3v) is 4.56. The standard InChI is InChI=1S/C16H22N2S/c1-13(14-7-4-3-5-8-14)16(11-17)18(2)12-15-9-6-10-19-15/h3-10,13,16H,11-12,17H2,1-2H3. The largest absolute Gasteiger partial charge is 0.329 e. The van der Waals surface area contributed by atoms with Crippen LogP contribution in [0.3, 0.4) is 0 Å². The Morgan fingerprint density at radius 1 is 1.16 bits per heavy atom. The molecule has 0 radical (unpaired) electrons. The monoisotopic (exact) mass is 274 g/mol. The minimum Gasteiger partial charge on any atom is -0.329 e. The smallest absolute Gasteiger partial charge is 0.0328 e. The first-order valence-electron chi connectivity index (χ1n) is 6.70. The number of rotatable bonds is 6. The summed E-state index contributed by atoms with van der Waals surface area (Å²) < 4.78 is 0. The molecule has 0 fully saturated rings. The predicted octanol–water partition coefficient (Wildman–Crippen LogP) is 3.31. The van der Waals surface area contributed by atoms with Crippen LogP contribution in [-0.4, -0.2) is 24.5 Å². The Morgan fingerprint density at radius 2 is 1.89 bits per heavy atom. The van der Waals surface area contributed by atoms with E-state index in [0.717, 1.165) is 6.54 Å². The van der Waals surface area contributed by atoms with E-state index in [1.54, 1.807) is 11.3 Å². The van der Waals surface area contributed by atoms with E-state index in [2.05, 4.69) is 66.7 Å². The van der Waals surface area contributed by atoms with Crippen molar-refractivity contribution in [3.05, 3.63) is 58.3 Å². The maximum Gasteiger partial charge on any atom is 0.0328 e. The number of nitrogens with two attached hydrogens (primary N) is 1. The van der Waals surface area contributed by atoms with Crippen molar-refractivity contribution in [1.29, 1.82) is 0 Å². The Labute approximate surface area is 119 Å². The topological polar surface area (TPSA) is 29.3 Å². The molecule has 102 valence electrons. The second-order valence-electron chi connectivity index (χ2n) is 5.00. The minimum atomic E-state index is 0.365. The van der Waals surface area contributed by atoms with Crippen LogP contribution in [0.25, 0.3) is 0 Å². The van der Waals surface area contributed by atoms with Crippen LogP contribution in [0.5, 0.6) is 0 Å². The average Bonchev–Trinajstić information content (AvgIpc) is 2.93. The van der Waals surface area contributed by atoms with Crippen molar-refractivity contribution in [3.8, 4) is 0 Å². The summed E-state index contributed by atoms with van der Waals surface area (Å²) in [4.78, 5) is 3.75. The zero-order valence-corrected chi connectivity index (χ0v) is 12.4. The Kier molecular flexibility index (Phi) is 5.14. The summed E-state index contributed by atoms with van der Waals surface area (Å²) in [6.45, 7) is 3.91. The molecule has 0 saturated heterocycles. The lowest BCUT2D eigenvalue weighted by molar-refractivity contribution is 0.214. The molecule has 3 heteroatoms. The second-order valence-corrected chi connectivity index (χ2v) is 6.03. The molecule has 2 unspecified atom stereocenters. The van der Waals surface area contributed by atoms with Crippen LogP contribution >= 0.6 is 11.3 Å². The summed E-state index contributed by atoms with van der Waals surface area (Å²) in [6.07, 6.45) is 0. The van der Waals surface area contributed by atoms with Crippen molar-refractivity contribution < 1.29 is 0 Å². The van der Waals surface area contributed by atoms with Gasteiger partial charge >= 0.3 is 0 Å². The van der Waals surface area contributed by atoms with Gasteiger partial charge < -0.3 is 5.73 Å². The lowest BCUT2D eigenvalue weighted by Gasteiger charge is -2.32. The van der Waals surface area contributed by atoms with Crippen molar-refractivity contribution >= 4 is 11.3 Å². The summed E-state index contributed by atoms with van der Waals surface area (Å²) in [6, 6.07) is 15.3. The third-order valence-electron chi connectivity index (χ3n) is 3.70. The van der Waals surface area contributed by atoms with Gasteiger partial charge in [0.25, 0.3) is 0 Å². The van der Waals surface area contributed by atoms with Gasteiger partial charge in [0.1, 0.15) is 0 Å². The maximum absolute atomic E-state index is 6.00. The van der Waals surface area contributed by atoms with E-state index in [1.165, 1.54) is 10.4 Å². The molecule has 1 aromatic heterocycles. The summed E-state index contributed by atoms with van der Waals surface area (Å²) >= 11 is 1.80. The summed E-state index contributed by atoms with van der Waals surface area (Å²) in [5.41, 5.74) is 7.36. The molecule has 0 aliphatic rings. The molecule has 0 amide bonds. The van der Waals surface area contributed by atoms with Gasteiger partial charge in [-0.15, -0.1) is 11.3 Å². The highest BCUT2D eigenvalue weighted by Gasteiger charge is 2.21. The predicted molar refractivity (Wildman–Crippen MR) is 83.5 cm³/mol. The van der Waals surface area contributed by atoms with Crippen LogP contribution in [-0.2, 0) is 6.54 Å². The molecule has 19 heavy (non-hydrogen) atoms. The van der Waals surface area contributed by atoms with Gasteiger partial charge in [0.15, 0.2) is 0 Å². The van der Waals surface area contributed by atoms with Gasteiger partial charge in [0.05, 0.1) is 0 Å². The highest BCUT2D eigenvalue weighted by molar-refractivity contribution is 7.09. The third kappa shape index (κ3) is 3.66. The number of likely N-dealkylation sites (N-methyl/N-ethyl adjacent to an activating group) is 1. The van der Waals surface area contributed by atoms with Crippen molar-refractivity contribution in [1.82, 2.24) is 4.90 Å². The first kappa shape index (κ1) is 14.3. The molecule has 2 nitrogen and oxygen atoms in total. The van der Waals surface area contributed by atoms with Crippen LogP contribution in [0.2, 0.25) is 0 Å². The van der Waals surface area contributed by atoms with E-state index in [4.69, 9.17) is 5.73 Å². The summed E-state index contributed by atoms with van der Waals surface area (Å²) in [5, 5.41) is 2.13. The van der Waals surface area contributed by atoms with Gasteiger partial charge in [0.2, 0.25) is 0 Å². The molecule has 2 atom stereocenters. The van der Waals surface area contributed by atoms with Gasteiger partial charge in [-0.2, -0.15) is 0 Å². The Morgan fingerprint density at radius 3 is 2.47 bits per heavy atom. The number of benzene rings is 1. The molecule has 1 heterocycles. The van der Waals surface area contributed by atoms with Crippen LogP contribution < -0.4 is 5.73 Å². The molecule has 0 bridgehead atoms. The molecule has 2 N–H and O–H groups in total. The molecule has 2 rings (SSSR count). The van der Waals surface area contributed by atoms with Crippen molar-refractivity contribution in [2.75, 3.05) is 13.6 Å². The van der Waals surface area contributed by atoms with Crippen molar-refractivity contribution in [3.63, 3.8) is 0 Å². The highest BCUT2D eigenvalue weighted by atomic mass is 32.1. The van der Waals surface area contributed by atoms with Crippen LogP contribution in [0, 0.1) is 0 Å². The first-order chi connectivity index (χ1) is 9.22. The van der Waals surface area contributed by atoms with Gasteiger partial charge in [0, 0.05) is 24.0 Å². The molecule has 0 spiro atoms. The number of hydrogen-bond acceptors (Lipinski definition) is 3. The van der Waals surface area contributed by atoms with Gasteiger partial charge in [-0.3, -0.25) is 4.90 Å². The van der Waals surface area contributed by atoms with Gasteiger partial charge in [-0.1, -0.05) is 43.3 Å². The van der Waals surface area contributed by atoms with Crippen molar-refractivity contribution in [2.45, 2.75) is 25.4 Å². The highest BCUT2D eigenvalue weighted by Crippen LogP contribution is 2.23. The Balaban J connectivity index is 2.06. The lowest BCUT2D eigenvalue weighted by atomic mass is 9.92. The Bertz CT molecular complexity index is 467. The summed E-state index contributed by atoms with van der Waals surface area (Å²) in [7, 11) is 2.16. The zero-order valence-electron chi connectivity index (χ0n) is 11.6. The van der Waals surface area contributed by atoms with Crippen LogP contribution in [0.4, 0.5) is 0 Å². The van der Waals surface area contributed by atoms with E-state index in [1.807, 2.05) is 0 Å². The SMILES string of the molecule is CC(c1ccccc1)C(CN)N(C)Cc1cccs1.